The summed E-state index contributed by atoms with van der Waals surface area (Å²) in [6, 6.07) is 22.7. The van der Waals surface area contributed by atoms with Crippen LogP contribution in [-0.2, 0) is 9.59 Å². The average molecular weight is 500 g/mol. The van der Waals surface area contributed by atoms with E-state index in [-0.39, 0.29) is 24.3 Å². The topological polar surface area (TPSA) is 71.4 Å². The number of nitrogens with zero attached hydrogens (tertiary/aromatic N) is 3. The van der Waals surface area contributed by atoms with Crippen LogP contribution in [0.1, 0.15) is 21.9 Å². The number of aryl methyl sites for hydroxylation is 1. The quantitative estimate of drug-likeness (QED) is 0.461. The van der Waals surface area contributed by atoms with Crippen molar-refractivity contribution < 1.29 is 19.1 Å². The van der Waals surface area contributed by atoms with Gasteiger partial charge in [-0.1, -0.05) is 65.9 Å². The molecule has 3 aromatic rings. The molecule has 0 aliphatic carbocycles. The Morgan fingerprint density at radius 3 is 2.47 bits per heavy atom. The largest absolute Gasteiger partial charge is 0.454 e. The molecule has 8 heteroatoms. The van der Waals surface area contributed by atoms with E-state index < -0.39 is 5.25 Å². The van der Waals surface area contributed by atoms with Crippen molar-refractivity contribution in [2.75, 3.05) is 25.8 Å². The molecule has 0 radical (unpaired) electrons. The van der Waals surface area contributed by atoms with Gasteiger partial charge in [-0.15, -0.1) is 0 Å². The molecule has 0 bridgehead atoms. The van der Waals surface area contributed by atoms with E-state index in [0.717, 1.165) is 16.7 Å². The van der Waals surface area contributed by atoms with Crippen LogP contribution in [-0.4, -0.2) is 42.8 Å². The van der Waals surface area contributed by atoms with E-state index in [2.05, 4.69) is 0 Å². The SMILES string of the molecule is Cc1ccc(N2C(=O)/C(=C/c3ccc4c(c3)OCO4)N=C2SC(C(=O)N(C)C)c2ccccc2)cc1. The second-order valence-electron chi connectivity index (χ2n) is 8.65. The lowest BCUT2D eigenvalue weighted by Gasteiger charge is -2.24. The van der Waals surface area contributed by atoms with Gasteiger partial charge in [-0.25, -0.2) is 4.99 Å². The maximum Gasteiger partial charge on any atom is 0.283 e. The highest BCUT2D eigenvalue weighted by Crippen LogP contribution is 2.39. The molecular formula is C28H25N3O4S. The van der Waals surface area contributed by atoms with Crippen LogP contribution in [0.4, 0.5) is 5.69 Å². The number of hydrogen-bond donors (Lipinski definition) is 0. The number of benzene rings is 3. The van der Waals surface area contributed by atoms with Gasteiger partial charge >= 0.3 is 0 Å². The first-order valence-corrected chi connectivity index (χ1v) is 12.3. The summed E-state index contributed by atoms with van der Waals surface area (Å²) in [5, 5.41) is -0.120. The maximum atomic E-state index is 13.6. The number of amidine groups is 1. The van der Waals surface area contributed by atoms with Crippen molar-refractivity contribution >= 4 is 40.5 Å². The number of aliphatic imine (C=N–C) groups is 1. The van der Waals surface area contributed by atoms with Gasteiger partial charge in [0.05, 0.1) is 5.69 Å². The standard InChI is InChI=1S/C28H25N3O4S/c1-18-9-12-21(13-10-18)31-26(32)22(15-19-11-14-23-24(16-19)35-17-34-23)29-28(31)36-25(27(33)30(2)3)20-7-5-4-6-8-20/h4-16,25H,17H2,1-3H3/b22-15-. The van der Waals surface area contributed by atoms with E-state index in [0.29, 0.717) is 22.4 Å². The molecule has 182 valence electrons. The van der Waals surface area contributed by atoms with Gasteiger partial charge in [0, 0.05) is 14.1 Å². The van der Waals surface area contributed by atoms with E-state index in [4.69, 9.17) is 14.5 Å². The Hall–Kier alpha value is -4.04. The van der Waals surface area contributed by atoms with Gasteiger partial charge < -0.3 is 14.4 Å². The second kappa shape index (κ2) is 9.91. The summed E-state index contributed by atoms with van der Waals surface area (Å²) >= 11 is 1.27. The molecular weight excluding hydrogens is 474 g/mol. The van der Waals surface area contributed by atoms with E-state index in [1.165, 1.54) is 11.8 Å². The molecule has 0 saturated carbocycles. The average Bonchev–Trinajstić information content (AvgIpc) is 3.47. The number of amides is 2. The van der Waals surface area contributed by atoms with Gasteiger partial charge in [-0.3, -0.25) is 14.5 Å². The highest BCUT2D eigenvalue weighted by molar-refractivity contribution is 8.15. The summed E-state index contributed by atoms with van der Waals surface area (Å²) in [5.74, 6) is 0.954. The van der Waals surface area contributed by atoms with E-state index in [1.54, 1.807) is 30.0 Å². The van der Waals surface area contributed by atoms with Crippen molar-refractivity contribution in [1.29, 1.82) is 0 Å². The van der Waals surface area contributed by atoms with Gasteiger partial charge in [-0.05, 0) is 48.4 Å². The number of anilines is 1. The maximum absolute atomic E-state index is 13.6. The van der Waals surface area contributed by atoms with Gasteiger partial charge in [0.2, 0.25) is 12.7 Å². The fourth-order valence-corrected chi connectivity index (χ4v) is 5.15. The molecule has 0 spiro atoms. The highest BCUT2D eigenvalue weighted by atomic mass is 32.2. The van der Waals surface area contributed by atoms with Crippen LogP contribution in [0.5, 0.6) is 11.5 Å². The Balaban J connectivity index is 1.55. The van der Waals surface area contributed by atoms with Gasteiger partial charge in [0.15, 0.2) is 16.7 Å². The monoisotopic (exact) mass is 499 g/mol. The van der Waals surface area contributed by atoms with Crippen LogP contribution in [0.3, 0.4) is 0 Å². The molecule has 0 saturated heterocycles. The van der Waals surface area contributed by atoms with Crippen molar-refractivity contribution in [3.63, 3.8) is 0 Å². The van der Waals surface area contributed by atoms with Gasteiger partial charge in [-0.2, -0.15) is 0 Å². The molecule has 0 aromatic heterocycles. The van der Waals surface area contributed by atoms with Crippen molar-refractivity contribution in [3.8, 4) is 11.5 Å². The minimum atomic E-state index is -0.564. The fraction of sp³-hybridized carbons (Fsp3) is 0.179. The summed E-state index contributed by atoms with van der Waals surface area (Å²) in [7, 11) is 3.45. The molecule has 7 nitrogen and oxygen atoms in total. The van der Waals surface area contributed by atoms with Crippen LogP contribution in [0.25, 0.3) is 6.08 Å². The lowest BCUT2D eigenvalue weighted by Crippen LogP contribution is -2.33. The van der Waals surface area contributed by atoms with Crippen LogP contribution in [0.15, 0.2) is 83.5 Å². The smallest absolute Gasteiger partial charge is 0.283 e. The van der Waals surface area contributed by atoms with E-state index >= 15 is 0 Å². The van der Waals surface area contributed by atoms with Crippen molar-refractivity contribution in [2.45, 2.75) is 12.2 Å². The van der Waals surface area contributed by atoms with Crippen LogP contribution < -0.4 is 14.4 Å². The summed E-state index contributed by atoms with van der Waals surface area (Å²) in [5.41, 5.74) is 3.66. The third kappa shape index (κ3) is 4.72. The summed E-state index contributed by atoms with van der Waals surface area (Å²) in [6.07, 6.45) is 1.73. The van der Waals surface area contributed by atoms with Crippen molar-refractivity contribution in [2.24, 2.45) is 4.99 Å². The number of ether oxygens (including phenoxy) is 2. The van der Waals surface area contributed by atoms with Crippen LogP contribution in [0, 0.1) is 6.92 Å². The molecule has 2 aliphatic heterocycles. The number of likely N-dealkylation sites (N-methyl/N-ethyl adjacent to an activating group) is 1. The summed E-state index contributed by atoms with van der Waals surface area (Å²) < 4.78 is 10.9. The molecule has 3 aromatic carbocycles. The molecule has 0 N–H and O–H groups in total. The van der Waals surface area contributed by atoms with Crippen molar-refractivity contribution in [3.05, 3.63) is 95.2 Å². The second-order valence-corrected chi connectivity index (χ2v) is 9.73. The normalized spacial score (nSPS) is 16.3. The van der Waals surface area contributed by atoms with Crippen molar-refractivity contribution in [1.82, 2.24) is 4.90 Å². The predicted molar refractivity (Wildman–Crippen MR) is 142 cm³/mol. The number of thioether (sulfide) groups is 1. The first-order valence-electron chi connectivity index (χ1n) is 11.4. The number of hydrogen-bond acceptors (Lipinski definition) is 6. The zero-order chi connectivity index (χ0) is 25.2. The molecule has 1 unspecified atom stereocenters. The Kier molecular flexibility index (Phi) is 6.52. The zero-order valence-electron chi connectivity index (χ0n) is 20.2. The first kappa shape index (κ1) is 23.7. The lowest BCUT2D eigenvalue weighted by molar-refractivity contribution is -0.128. The molecule has 1 atom stereocenters. The Labute approximate surface area is 214 Å². The third-order valence-electron chi connectivity index (χ3n) is 5.81. The van der Waals surface area contributed by atoms with E-state index in [9.17, 15) is 9.59 Å². The number of carbonyl (C=O) groups is 2. The summed E-state index contributed by atoms with van der Waals surface area (Å²) in [4.78, 5) is 34.7. The highest BCUT2D eigenvalue weighted by Gasteiger charge is 2.36. The fourth-order valence-electron chi connectivity index (χ4n) is 3.89. The molecule has 2 heterocycles. The Morgan fingerprint density at radius 2 is 1.75 bits per heavy atom. The minimum Gasteiger partial charge on any atom is -0.454 e. The van der Waals surface area contributed by atoms with Gasteiger partial charge in [0.25, 0.3) is 5.91 Å². The summed E-state index contributed by atoms with van der Waals surface area (Å²) in [6.45, 7) is 2.17. The van der Waals surface area contributed by atoms with Gasteiger partial charge in [0.1, 0.15) is 10.9 Å². The Morgan fingerprint density at radius 1 is 1.03 bits per heavy atom. The number of carbonyl (C=O) groups excluding carboxylic acids is 2. The van der Waals surface area contributed by atoms with E-state index in [1.807, 2.05) is 79.7 Å². The Bertz CT molecular complexity index is 1370. The minimum absolute atomic E-state index is 0.0848. The zero-order valence-corrected chi connectivity index (χ0v) is 21.0. The molecule has 5 rings (SSSR count). The van der Waals surface area contributed by atoms with Crippen LogP contribution in [0.2, 0.25) is 0 Å². The van der Waals surface area contributed by atoms with Crippen LogP contribution >= 0.6 is 11.8 Å². The lowest BCUT2D eigenvalue weighted by atomic mass is 10.1. The molecule has 0 fully saturated rings. The predicted octanol–water partition coefficient (Wildman–Crippen LogP) is 5.03. The first-order chi connectivity index (χ1) is 17.4. The molecule has 2 amide bonds. The molecule has 36 heavy (non-hydrogen) atoms. The third-order valence-corrected chi connectivity index (χ3v) is 7.01. The molecule has 2 aliphatic rings. The number of rotatable bonds is 5. The number of fused-ring (bicyclic) bond motifs is 1.